The molecule has 0 heterocycles. The summed E-state index contributed by atoms with van der Waals surface area (Å²) in [5.41, 5.74) is 0.143. The molecule has 0 aromatic heterocycles. The summed E-state index contributed by atoms with van der Waals surface area (Å²) in [7, 11) is 1.39. The summed E-state index contributed by atoms with van der Waals surface area (Å²) in [4.78, 5) is 23.3. The van der Waals surface area contributed by atoms with Gasteiger partial charge in [-0.05, 0) is 31.9 Å². The highest BCUT2D eigenvalue weighted by Crippen LogP contribution is 2.46. The number of anilines is 1. The minimum Gasteiger partial charge on any atom is -0.496 e. The minimum absolute atomic E-state index is 0.0611. The summed E-state index contributed by atoms with van der Waals surface area (Å²) in [5.74, 6) is -0.948. The molecule has 0 aliphatic heterocycles. The van der Waals surface area contributed by atoms with Gasteiger partial charge in [0.2, 0.25) is 5.91 Å². The molecule has 21 heavy (non-hydrogen) atoms. The molecule has 1 saturated carbocycles. The van der Waals surface area contributed by atoms with E-state index in [-0.39, 0.29) is 17.2 Å². The van der Waals surface area contributed by atoms with Gasteiger partial charge in [-0.1, -0.05) is 0 Å². The van der Waals surface area contributed by atoms with E-state index >= 15 is 0 Å². The van der Waals surface area contributed by atoms with Gasteiger partial charge >= 0.3 is 5.97 Å². The largest absolute Gasteiger partial charge is 0.496 e. The number of hydrogen-bond acceptors (Lipinski definition) is 4. The molecule has 0 atom stereocenters. The Balaban J connectivity index is 2.09. The zero-order chi connectivity index (χ0) is 15.5. The number of carbonyl (C=O) groups is 2. The Hall–Kier alpha value is -2.08. The van der Waals surface area contributed by atoms with E-state index in [1.807, 2.05) is 6.92 Å². The molecule has 114 valence electrons. The molecule has 1 fully saturated rings. The zero-order valence-corrected chi connectivity index (χ0v) is 12.1. The maximum Gasteiger partial charge on any atom is 0.339 e. The maximum atomic E-state index is 12.3. The first-order chi connectivity index (χ1) is 10.0. The SMILES string of the molecule is CCOCC1(C(=O)Nc2ccc(C(=O)O)c(OC)c2)CC1. The van der Waals surface area contributed by atoms with Crippen LogP contribution < -0.4 is 10.1 Å². The average molecular weight is 293 g/mol. The molecule has 1 aliphatic carbocycles. The van der Waals surface area contributed by atoms with Crippen LogP contribution in [0.5, 0.6) is 5.75 Å². The second-order valence-corrected chi connectivity index (χ2v) is 5.09. The first-order valence-electron chi connectivity index (χ1n) is 6.83. The van der Waals surface area contributed by atoms with Gasteiger partial charge in [0, 0.05) is 18.4 Å². The summed E-state index contributed by atoms with van der Waals surface area (Å²) in [6, 6.07) is 4.48. The van der Waals surface area contributed by atoms with Crippen LogP contribution in [0, 0.1) is 5.41 Å². The number of hydrogen-bond donors (Lipinski definition) is 2. The highest BCUT2D eigenvalue weighted by atomic mass is 16.5. The molecule has 0 radical (unpaired) electrons. The van der Waals surface area contributed by atoms with Gasteiger partial charge in [-0.3, -0.25) is 4.79 Å². The van der Waals surface area contributed by atoms with E-state index in [4.69, 9.17) is 14.6 Å². The summed E-state index contributed by atoms with van der Waals surface area (Å²) >= 11 is 0. The van der Waals surface area contributed by atoms with Gasteiger partial charge in [-0.2, -0.15) is 0 Å². The van der Waals surface area contributed by atoms with Crippen LogP contribution in [0.2, 0.25) is 0 Å². The number of carbonyl (C=O) groups excluding carboxylic acids is 1. The van der Waals surface area contributed by atoms with Gasteiger partial charge in [0.15, 0.2) is 0 Å². The molecule has 6 nitrogen and oxygen atoms in total. The molecule has 2 N–H and O–H groups in total. The quantitative estimate of drug-likeness (QED) is 0.804. The Morgan fingerprint density at radius 1 is 1.38 bits per heavy atom. The molecule has 0 saturated heterocycles. The van der Waals surface area contributed by atoms with Gasteiger partial charge in [-0.25, -0.2) is 4.79 Å². The fourth-order valence-electron chi connectivity index (χ4n) is 2.09. The number of aromatic carboxylic acids is 1. The minimum atomic E-state index is -1.07. The van der Waals surface area contributed by atoms with Crippen molar-refractivity contribution in [1.82, 2.24) is 0 Å². The van der Waals surface area contributed by atoms with E-state index in [1.165, 1.54) is 19.2 Å². The van der Waals surface area contributed by atoms with E-state index in [1.54, 1.807) is 6.07 Å². The summed E-state index contributed by atoms with van der Waals surface area (Å²) < 4.78 is 10.4. The van der Waals surface area contributed by atoms with Gasteiger partial charge in [0.1, 0.15) is 11.3 Å². The van der Waals surface area contributed by atoms with Crippen LogP contribution in [0.15, 0.2) is 18.2 Å². The average Bonchev–Trinajstić information content (AvgIpc) is 3.26. The lowest BCUT2D eigenvalue weighted by molar-refractivity contribution is -0.123. The number of amides is 1. The van der Waals surface area contributed by atoms with Crippen LogP contribution in [0.1, 0.15) is 30.1 Å². The van der Waals surface area contributed by atoms with Gasteiger partial charge in [0.25, 0.3) is 0 Å². The number of carboxylic acids is 1. The highest BCUT2D eigenvalue weighted by molar-refractivity contribution is 5.98. The van der Waals surface area contributed by atoms with Crippen molar-refractivity contribution in [3.8, 4) is 5.75 Å². The molecule has 1 aromatic rings. The summed E-state index contributed by atoms with van der Waals surface area (Å²) in [5, 5.41) is 11.8. The second kappa shape index (κ2) is 6.13. The van der Waals surface area contributed by atoms with Gasteiger partial charge in [-0.15, -0.1) is 0 Å². The standard InChI is InChI=1S/C15H19NO5/c1-3-21-9-15(6-7-15)14(19)16-10-4-5-11(13(17)18)12(8-10)20-2/h4-5,8H,3,6-7,9H2,1-2H3,(H,16,19)(H,17,18). The fourth-order valence-corrected chi connectivity index (χ4v) is 2.09. The predicted molar refractivity (Wildman–Crippen MR) is 76.7 cm³/mol. The third-order valence-corrected chi connectivity index (χ3v) is 3.61. The first-order valence-corrected chi connectivity index (χ1v) is 6.83. The zero-order valence-electron chi connectivity index (χ0n) is 12.1. The van der Waals surface area contributed by atoms with Crippen LogP contribution in [-0.2, 0) is 9.53 Å². The molecular formula is C15H19NO5. The maximum absolute atomic E-state index is 12.3. The fraction of sp³-hybridized carbons (Fsp3) is 0.467. The molecule has 2 rings (SSSR count). The van der Waals surface area contributed by atoms with Gasteiger partial charge < -0.3 is 19.9 Å². The van der Waals surface area contributed by atoms with Crippen LogP contribution in [0.4, 0.5) is 5.69 Å². The second-order valence-electron chi connectivity index (χ2n) is 5.09. The molecule has 0 spiro atoms. The smallest absolute Gasteiger partial charge is 0.339 e. The Morgan fingerprint density at radius 3 is 2.62 bits per heavy atom. The molecule has 1 aliphatic rings. The van der Waals surface area contributed by atoms with Crippen molar-refractivity contribution in [3.05, 3.63) is 23.8 Å². The highest BCUT2D eigenvalue weighted by Gasteiger charge is 2.50. The van der Waals surface area contributed by atoms with E-state index in [0.29, 0.717) is 18.9 Å². The molecule has 1 aromatic carbocycles. The molecular weight excluding hydrogens is 274 g/mol. The van der Waals surface area contributed by atoms with Crippen LogP contribution in [-0.4, -0.2) is 37.3 Å². The number of methoxy groups -OCH3 is 1. The van der Waals surface area contributed by atoms with Crippen molar-refractivity contribution < 1.29 is 24.2 Å². The summed E-state index contributed by atoms with van der Waals surface area (Å²) in [6.45, 7) is 2.89. The van der Waals surface area contributed by atoms with Crippen molar-refractivity contribution in [2.45, 2.75) is 19.8 Å². The number of nitrogens with one attached hydrogen (secondary N) is 1. The van der Waals surface area contributed by atoms with Crippen LogP contribution >= 0.6 is 0 Å². The Kier molecular flexibility index (Phi) is 4.47. The lowest BCUT2D eigenvalue weighted by Gasteiger charge is -2.16. The van der Waals surface area contributed by atoms with E-state index < -0.39 is 11.4 Å². The van der Waals surface area contributed by atoms with E-state index in [0.717, 1.165) is 12.8 Å². The topological polar surface area (TPSA) is 84.9 Å². The predicted octanol–water partition coefficient (Wildman–Crippen LogP) is 2.15. The monoisotopic (exact) mass is 293 g/mol. The lowest BCUT2D eigenvalue weighted by atomic mass is 10.1. The Labute approximate surface area is 123 Å². The Morgan fingerprint density at radius 2 is 2.10 bits per heavy atom. The molecule has 0 bridgehead atoms. The van der Waals surface area contributed by atoms with Gasteiger partial charge in [0.05, 0.1) is 19.1 Å². The lowest BCUT2D eigenvalue weighted by Crippen LogP contribution is -2.28. The number of rotatable bonds is 7. The van der Waals surface area contributed by atoms with Crippen molar-refractivity contribution in [3.63, 3.8) is 0 Å². The third-order valence-electron chi connectivity index (χ3n) is 3.61. The first kappa shape index (κ1) is 15.3. The number of benzene rings is 1. The molecule has 0 unspecified atom stereocenters. The van der Waals surface area contributed by atoms with Crippen molar-refractivity contribution in [2.24, 2.45) is 5.41 Å². The van der Waals surface area contributed by atoms with Crippen LogP contribution in [0.25, 0.3) is 0 Å². The van der Waals surface area contributed by atoms with E-state index in [9.17, 15) is 9.59 Å². The number of ether oxygens (including phenoxy) is 2. The van der Waals surface area contributed by atoms with Crippen molar-refractivity contribution >= 4 is 17.6 Å². The third kappa shape index (κ3) is 3.33. The number of carboxylic acid groups (broad SMARTS) is 1. The molecule has 6 heteroatoms. The summed E-state index contributed by atoms with van der Waals surface area (Å²) in [6.07, 6.45) is 1.62. The van der Waals surface area contributed by atoms with Crippen LogP contribution in [0.3, 0.4) is 0 Å². The normalized spacial score (nSPS) is 15.3. The Bertz CT molecular complexity index is 551. The van der Waals surface area contributed by atoms with Crippen molar-refractivity contribution in [2.75, 3.05) is 25.6 Å². The molecule has 1 amide bonds. The van der Waals surface area contributed by atoms with Crippen molar-refractivity contribution in [1.29, 1.82) is 0 Å². The van der Waals surface area contributed by atoms with E-state index in [2.05, 4.69) is 5.32 Å².